The molecule has 1 aliphatic rings. The van der Waals surface area contributed by atoms with Crippen molar-refractivity contribution in [2.24, 2.45) is 5.92 Å². The van der Waals surface area contributed by atoms with Crippen LogP contribution in [-0.4, -0.2) is 11.7 Å². The summed E-state index contributed by atoms with van der Waals surface area (Å²) in [5.41, 5.74) is 4.49. The Balaban J connectivity index is 2.12. The SMILES string of the molecule is CCc1ccc(C2CC2CCO)cc1CC. The standard InChI is InChI=1S/C15H22O/c1-3-11-5-6-13(9-12(11)4-2)15-10-14(15)7-8-16/h5-6,9,14-16H,3-4,7-8,10H2,1-2H3. The van der Waals surface area contributed by atoms with E-state index in [-0.39, 0.29) is 0 Å². The van der Waals surface area contributed by atoms with Gasteiger partial charge in [-0.2, -0.15) is 0 Å². The fourth-order valence-electron chi connectivity index (χ4n) is 2.69. The number of aliphatic hydroxyl groups is 1. The minimum absolute atomic E-state index is 0.342. The number of benzene rings is 1. The topological polar surface area (TPSA) is 20.2 Å². The molecule has 0 aliphatic heterocycles. The zero-order valence-corrected chi connectivity index (χ0v) is 10.4. The quantitative estimate of drug-likeness (QED) is 0.804. The molecule has 2 unspecified atom stereocenters. The number of aryl methyl sites for hydroxylation is 2. The van der Waals surface area contributed by atoms with Gasteiger partial charge in [0, 0.05) is 6.61 Å². The smallest absolute Gasteiger partial charge is 0.0433 e. The minimum atomic E-state index is 0.342. The van der Waals surface area contributed by atoms with Crippen LogP contribution in [0.2, 0.25) is 0 Å². The average Bonchev–Trinajstić information content (AvgIpc) is 3.08. The van der Waals surface area contributed by atoms with E-state index in [1.807, 2.05) is 0 Å². The molecule has 2 rings (SSSR count). The summed E-state index contributed by atoms with van der Waals surface area (Å²) in [6, 6.07) is 6.98. The van der Waals surface area contributed by atoms with Gasteiger partial charge in [0.1, 0.15) is 0 Å². The monoisotopic (exact) mass is 218 g/mol. The number of hydrogen-bond acceptors (Lipinski definition) is 1. The molecule has 1 aromatic carbocycles. The van der Waals surface area contributed by atoms with Crippen LogP contribution in [0.1, 0.15) is 49.3 Å². The number of hydrogen-bond donors (Lipinski definition) is 1. The van der Waals surface area contributed by atoms with Crippen LogP contribution in [0, 0.1) is 5.92 Å². The van der Waals surface area contributed by atoms with Crippen LogP contribution in [0.4, 0.5) is 0 Å². The lowest BCUT2D eigenvalue weighted by atomic mass is 9.97. The Labute approximate surface area is 98.5 Å². The normalized spacial score (nSPS) is 23.4. The largest absolute Gasteiger partial charge is 0.396 e. The summed E-state index contributed by atoms with van der Waals surface area (Å²) in [6.45, 7) is 4.80. The summed E-state index contributed by atoms with van der Waals surface area (Å²) in [7, 11) is 0. The van der Waals surface area contributed by atoms with Gasteiger partial charge in [0.05, 0.1) is 0 Å². The van der Waals surface area contributed by atoms with E-state index in [0.29, 0.717) is 6.61 Å². The molecule has 0 bridgehead atoms. The molecule has 0 spiro atoms. The van der Waals surface area contributed by atoms with Crippen molar-refractivity contribution in [2.75, 3.05) is 6.61 Å². The minimum Gasteiger partial charge on any atom is -0.396 e. The van der Waals surface area contributed by atoms with Crippen molar-refractivity contribution >= 4 is 0 Å². The molecule has 0 aromatic heterocycles. The summed E-state index contributed by atoms with van der Waals surface area (Å²) >= 11 is 0. The van der Waals surface area contributed by atoms with Gasteiger partial charge in [-0.15, -0.1) is 0 Å². The second-order valence-corrected chi connectivity index (χ2v) is 4.85. The highest BCUT2D eigenvalue weighted by Gasteiger charge is 2.37. The molecule has 0 radical (unpaired) electrons. The third-order valence-corrected chi connectivity index (χ3v) is 3.84. The lowest BCUT2D eigenvalue weighted by Crippen LogP contribution is -1.94. The van der Waals surface area contributed by atoms with Gasteiger partial charge in [0.25, 0.3) is 0 Å². The molecule has 0 saturated heterocycles. The summed E-state index contributed by atoms with van der Waals surface area (Å²) < 4.78 is 0. The van der Waals surface area contributed by atoms with Crippen molar-refractivity contribution in [3.63, 3.8) is 0 Å². The third kappa shape index (κ3) is 2.30. The molecule has 1 N–H and O–H groups in total. The first-order valence-corrected chi connectivity index (χ1v) is 6.52. The van der Waals surface area contributed by atoms with Gasteiger partial charge < -0.3 is 5.11 Å². The van der Waals surface area contributed by atoms with Crippen LogP contribution in [0.3, 0.4) is 0 Å². The molecule has 88 valence electrons. The Hall–Kier alpha value is -0.820. The van der Waals surface area contributed by atoms with Crippen LogP contribution in [0.25, 0.3) is 0 Å². The van der Waals surface area contributed by atoms with Gasteiger partial charge in [0.15, 0.2) is 0 Å². The van der Waals surface area contributed by atoms with Crippen molar-refractivity contribution in [3.8, 4) is 0 Å². The lowest BCUT2D eigenvalue weighted by molar-refractivity contribution is 0.279. The van der Waals surface area contributed by atoms with Crippen molar-refractivity contribution in [3.05, 3.63) is 34.9 Å². The van der Waals surface area contributed by atoms with Gasteiger partial charge in [-0.1, -0.05) is 32.0 Å². The van der Waals surface area contributed by atoms with Gasteiger partial charge in [-0.05, 0) is 54.2 Å². The first-order valence-electron chi connectivity index (χ1n) is 6.52. The van der Waals surface area contributed by atoms with Crippen LogP contribution >= 0.6 is 0 Å². The molecule has 1 saturated carbocycles. The first-order chi connectivity index (χ1) is 7.80. The molecule has 2 atom stereocenters. The Kier molecular flexibility index (Phi) is 3.65. The molecular weight excluding hydrogens is 196 g/mol. The van der Waals surface area contributed by atoms with Crippen molar-refractivity contribution in [1.82, 2.24) is 0 Å². The summed E-state index contributed by atoms with van der Waals surface area (Å²) in [5, 5.41) is 8.92. The average molecular weight is 218 g/mol. The fraction of sp³-hybridized carbons (Fsp3) is 0.600. The van der Waals surface area contributed by atoms with E-state index >= 15 is 0 Å². The van der Waals surface area contributed by atoms with E-state index in [1.54, 1.807) is 0 Å². The molecule has 1 heteroatoms. The maximum Gasteiger partial charge on any atom is 0.0433 e. The fourth-order valence-corrected chi connectivity index (χ4v) is 2.69. The predicted molar refractivity (Wildman–Crippen MR) is 67.7 cm³/mol. The molecular formula is C15H22O. The third-order valence-electron chi connectivity index (χ3n) is 3.84. The van der Waals surface area contributed by atoms with Crippen LogP contribution in [-0.2, 0) is 12.8 Å². The van der Waals surface area contributed by atoms with Crippen molar-refractivity contribution in [2.45, 2.75) is 45.4 Å². The maximum atomic E-state index is 8.92. The van der Waals surface area contributed by atoms with E-state index in [2.05, 4.69) is 32.0 Å². The Morgan fingerprint density at radius 3 is 2.56 bits per heavy atom. The van der Waals surface area contributed by atoms with E-state index in [1.165, 1.54) is 23.1 Å². The van der Waals surface area contributed by atoms with Gasteiger partial charge in [-0.25, -0.2) is 0 Å². The molecule has 16 heavy (non-hydrogen) atoms. The summed E-state index contributed by atoms with van der Waals surface area (Å²) in [6.07, 6.45) is 4.51. The summed E-state index contributed by atoms with van der Waals surface area (Å²) in [4.78, 5) is 0. The molecule has 1 aromatic rings. The maximum absolute atomic E-state index is 8.92. The number of aliphatic hydroxyl groups excluding tert-OH is 1. The van der Waals surface area contributed by atoms with E-state index < -0.39 is 0 Å². The summed E-state index contributed by atoms with van der Waals surface area (Å²) in [5.74, 6) is 1.46. The zero-order chi connectivity index (χ0) is 11.5. The Morgan fingerprint density at radius 1 is 1.19 bits per heavy atom. The number of rotatable bonds is 5. The van der Waals surface area contributed by atoms with Crippen LogP contribution in [0.5, 0.6) is 0 Å². The van der Waals surface area contributed by atoms with E-state index in [9.17, 15) is 0 Å². The highest BCUT2D eigenvalue weighted by Crippen LogP contribution is 2.49. The zero-order valence-electron chi connectivity index (χ0n) is 10.4. The van der Waals surface area contributed by atoms with Gasteiger partial charge in [-0.3, -0.25) is 0 Å². The Bertz CT molecular complexity index is 356. The second-order valence-electron chi connectivity index (χ2n) is 4.85. The highest BCUT2D eigenvalue weighted by molar-refractivity contribution is 5.36. The predicted octanol–water partition coefficient (Wildman–Crippen LogP) is 3.30. The van der Waals surface area contributed by atoms with Crippen molar-refractivity contribution in [1.29, 1.82) is 0 Å². The van der Waals surface area contributed by atoms with E-state index in [0.717, 1.165) is 31.1 Å². The molecule has 1 aliphatic carbocycles. The Morgan fingerprint density at radius 2 is 1.94 bits per heavy atom. The molecule has 1 nitrogen and oxygen atoms in total. The van der Waals surface area contributed by atoms with Gasteiger partial charge in [0.2, 0.25) is 0 Å². The molecule has 1 fully saturated rings. The van der Waals surface area contributed by atoms with Crippen molar-refractivity contribution < 1.29 is 5.11 Å². The molecule has 0 amide bonds. The van der Waals surface area contributed by atoms with E-state index in [4.69, 9.17) is 5.11 Å². The lowest BCUT2D eigenvalue weighted by Gasteiger charge is -2.08. The first kappa shape index (κ1) is 11.7. The van der Waals surface area contributed by atoms with Crippen LogP contribution in [0.15, 0.2) is 18.2 Å². The van der Waals surface area contributed by atoms with Crippen LogP contribution < -0.4 is 0 Å². The van der Waals surface area contributed by atoms with Gasteiger partial charge >= 0.3 is 0 Å². The molecule has 0 heterocycles. The highest BCUT2D eigenvalue weighted by atomic mass is 16.3. The second kappa shape index (κ2) is 5.01.